The summed E-state index contributed by atoms with van der Waals surface area (Å²) >= 11 is 0. The van der Waals surface area contributed by atoms with Gasteiger partial charge in [-0.15, -0.1) is 0 Å². The average molecular weight is 644 g/mol. The molecule has 1 aliphatic rings. The van der Waals surface area contributed by atoms with Crippen LogP contribution in [0.25, 0.3) is 89.6 Å². The molecule has 236 valence electrons. The van der Waals surface area contributed by atoms with Gasteiger partial charge in [0.1, 0.15) is 22.5 Å². The summed E-state index contributed by atoms with van der Waals surface area (Å²) in [6.45, 7) is 0. The Labute approximate surface area is 288 Å². The van der Waals surface area contributed by atoms with Crippen LogP contribution in [0.4, 0.5) is 0 Å². The summed E-state index contributed by atoms with van der Waals surface area (Å²) in [5.41, 5.74) is 11.1. The third kappa shape index (κ3) is 4.74. The van der Waals surface area contributed by atoms with Crippen LogP contribution < -0.4 is 0 Å². The highest BCUT2D eigenvalue weighted by Gasteiger charge is 2.23. The van der Waals surface area contributed by atoms with Crippen molar-refractivity contribution in [3.63, 3.8) is 0 Å². The molecular weight excluding hydrogens is 615 g/mol. The van der Waals surface area contributed by atoms with Gasteiger partial charge in [-0.3, -0.25) is 0 Å². The van der Waals surface area contributed by atoms with Crippen molar-refractivity contribution < 1.29 is 8.83 Å². The summed E-state index contributed by atoms with van der Waals surface area (Å²) < 4.78 is 12.9. The number of nitrogens with zero attached hydrogens (tertiary/aromatic N) is 3. The molecule has 0 saturated heterocycles. The van der Waals surface area contributed by atoms with Gasteiger partial charge in [-0.2, -0.15) is 0 Å². The molecule has 0 N–H and O–H groups in total. The first-order chi connectivity index (χ1) is 24.8. The van der Waals surface area contributed by atoms with Crippen molar-refractivity contribution >= 4 is 44.6 Å². The molecule has 0 fully saturated rings. The first kappa shape index (κ1) is 28.4. The van der Waals surface area contributed by atoms with Crippen molar-refractivity contribution in [2.75, 3.05) is 0 Å². The Kier molecular flexibility index (Phi) is 6.56. The number of aromatic nitrogens is 3. The second-order valence-corrected chi connectivity index (χ2v) is 12.7. The fraction of sp³-hybridized carbons (Fsp3) is 0.0444. The zero-order chi connectivity index (χ0) is 33.0. The van der Waals surface area contributed by atoms with Crippen LogP contribution in [-0.2, 0) is 6.42 Å². The highest BCUT2D eigenvalue weighted by Crippen LogP contribution is 2.41. The molecule has 9 aromatic rings. The van der Waals surface area contributed by atoms with Crippen LogP contribution in [0.1, 0.15) is 23.6 Å². The molecule has 5 nitrogen and oxygen atoms in total. The van der Waals surface area contributed by atoms with E-state index in [0.717, 1.165) is 84.9 Å². The predicted molar refractivity (Wildman–Crippen MR) is 201 cm³/mol. The van der Waals surface area contributed by atoms with Gasteiger partial charge in [0.15, 0.2) is 17.5 Å². The lowest BCUT2D eigenvalue weighted by Gasteiger charge is -2.14. The summed E-state index contributed by atoms with van der Waals surface area (Å²) in [5, 5.41) is 3.12. The van der Waals surface area contributed by atoms with Crippen molar-refractivity contribution in [1.82, 2.24) is 15.0 Å². The zero-order valence-corrected chi connectivity index (χ0v) is 27.0. The number of furan rings is 2. The van der Waals surface area contributed by atoms with E-state index in [1.54, 1.807) is 0 Å². The van der Waals surface area contributed by atoms with Gasteiger partial charge in [0.2, 0.25) is 0 Å². The normalized spacial score (nSPS) is 12.8. The van der Waals surface area contributed by atoms with Crippen LogP contribution in [0.5, 0.6) is 0 Å². The minimum Gasteiger partial charge on any atom is -0.460 e. The molecule has 0 atom stereocenters. The topological polar surface area (TPSA) is 65.0 Å². The Bertz CT molecular complexity index is 2740. The number of benzene rings is 6. The summed E-state index contributed by atoms with van der Waals surface area (Å²) in [7, 11) is 0. The minimum atomic E-state index is 0.614. The van der Waals surface area contributed by atoms with E-state index in [1.165, 1.54) is 11.1 Å². The predicted octanol–water partition coefficient (Wildman–Crippen LogP) is 11.7. The number of hydrogen-bond acceptors (Lipinski definition) is 5. The number of hydrogen-bond donors (Lipinski definition) is 0. The highest BCUT2D eigenvalue weighted by molar-refractivity contribution is 6.15. The molecule has 1 aliphatic carbocycles. The monoisotopic (exact) mass is 643 g/mol. The zero-order valence-electron chi connectivity index (χ0n) is 27.0. The number of aryl methyl sites for hydroxylation is 1. The van der Waals surface area contributed by atoms with E-state index in [9.17, 15) is 0 Å². The Balaban J connectivity index is 1.13. The lowest BCUT2D eigenvalue weighted by atomic mass is 9.95. The largest absolute Gasteiger partial charge is 0.460 e. The first-order valence-corrected chi connectivity index (χ1v) is 16.9. The van der Waals surface area contributed by atoms with E-state index >= 15 is 0 Å². The van der Waals surface area contributed by atoms with Crippen LogP contribution in [0.15, 0.2) is 154 Å². The fourth-order valence-electron chi connectivity index (χ4n) is 7.22. The van der Waals surface area contributed by atoms with E-state index in [1.807, 2.05) is 60.7 Å². The van der Waals surface area contributed by atoms with Crippen LogP contribution in [0.3, 0.4) is 0 Å². The Morgan fingerprint density at radius 1 is 0.420 bits per heavy atom. The molecule has 50 heavy (non-hydrogen) atoms. The van der Waals surface area contributed by atoms with E-state index in [0.29, 0.717) is 17.5 Å². The van der Waals surface area contributed by atoms with Gasteiger partial charge in [-0.05, 0) is 46.9 Å². The molecule has 0 unspecified atom stereocenters. The van der Waals surface area contributed by atoms with Crippen molar-refractivity contribution in [3.05, 3.63) is 163 Å². The van der Waals surface area contributed by atoms with Gasteiger partial charge in [0, 0.05) is 44.8 Å². The lowest BCUT2D eigenvalue weighted by molar-refractivity contribution is 0.547. The van der Waals surface area contributed by atoms with Crippen molar-refractivity contribution in [2.24, 2.45) is 0 Å². The number of allylic oxidation sites excluding steroid dienone is 1. The minimum absolute atomic E-state index is 0.614. The quantitative estimate of drug-likeness (QED) is 0.187. The Hall–Kier alpha value is -6.59. The van der Waals surface area contributed by atoms with Crippen molar-refractivity contribution in [3.8, 4) is 45.0 Å². The van der Waals surface area contributed by atoms with Crippen LogP contribution in [-0.4, -0.2) is 15.0 Å². The summed E-state index contributed by atoms with van der Waals surface area (Å²) in [5.74, 6) is 2.93. The van der Waals surface area contributed by atoms with Crippen LogP contribution >= 0.6 is 0 Å². The number of rotatable bonds is 5. The maximum Gasteiger partial charge on any atom is 0.164 e. The third-order valence-corrected chi connectivity index (χ3v) is 9.67. The van der Waals surface area contributed by atoms with E-state index < -0.39 is 0 Å². The van der Waals surface area contributed by atoms with Gasteiger partial charge >= 0.3 is 0 Å². The van der Waals surface area contributed by atoms with Gasteiger partial charge in [0.05, 0.1) is 0 Å². The smallest absolute Gasteiger partial charge is 0.164 e. The Morgan fingerprint density at radius 3 is 1.88 bits per heavy atom. The summed E-state index contributed by atoms with van der Waals surface area (Å²) in [6.07, 6.45) is 3.76. The molecule has 0 bridgehead atoms. The van der Waals surface area contributed by atoms with Gasteiger partial charge in [-0.25, -0.2) is 15.0 Å². The lowest BCUT2D eigenvalue weighted by Crippen LogP contribution is -2.05. The molecule has 0 aliphatic heterocycles. The molecular formula is C45H29N3O2. The first-order valence-electron chi connectivity index (χ1n) is 16.9. The second-order valence-electron chi connectivity index (χ2n) is 12.7. The van der Waals surface area contributed by atoms with Gasteiger partial charge in [0.25, 0.3) is 0 Å². The maximum atomic E-state index is 6.65. The molecule has 5 heteroatoms. The molecule has 6 aromatic carbocycles. The molecule has 0 radical (unpaired) electrons. The van der Waals surface area contributed by atoms with Crippen molar-refractivity contribution in [2.45, 2.75) is 12.8 Å². The molecule has 0 saturated carbocycles. The van der Waals surface area contributed by atoms with Gasteiger partial charge < -0.3 is 8.83 Å². The van der Waals surface area contributed by atoms with E-state index in [2.05, 4.69) is 91.0 Å². The standard InChI is InChI=1S/C45H29N3O2/c1-3-11-28(12-4-1)29-21-23-30(24-22-29)33-16-9-17-35-41-36(18-10-20-40(41)50-42(33)35)45-47-43(31-13-5-2-6-14-31)46-44(48-45)32-25-26-39-37(27-32)34-15-7-8-19-38(34)49-39/h1-24,27H,25-26H2. The molecule has 0 amide bonds. The van der Waals surface area contributed by atoms with Crippen LogP contribution in [0, 0.1) is 0 Å². The Morgan fingerprint density at radius 2 is 1.04 bits per heavy atom. The van der Waals surface area contributed by atoms with Crippen LogP contribution in [0.2, 0.25) is 0 Å². The van der Waals surface area contributed by atoms with E-state index in [4.69, 9.17) is 23.8 Å². The van der Waals surface area contributed by atoms with E-state index in [-0.39, 0.29) is 0 Å². The summed E-state index contributed by atoms with van der Waals surface area (Å²) in [4.78, 5) is 15.3. The second kappa shape index (κ2) is 11.5. The maximum absolute atomic E-state index is 6.65. The average Bonchev–Trinajstić information content (AvgIpc) is 3.77. The van der Waals surface area contributed by atoms with Gasteiger partial charge in [-0.1, -0.05) is 133 Å². The molecule has 3 aromatic heterocycles. The fourth-order valence-corrected chi connectivity index (χ4v) is 7.22. The van der Waals surface area contributed by atoms with Crippen molar-refractivity contribution in [1.29, 1.82) is 0 Å². The molecule has 0 spiro atoms. The molecule has 10 rings (SSSR count). The highest BCUT2D eigenvalue weighted by atomic mass is 16.3. The number of para-hydroxylation sites is 2. The molecule has 3 heterocycles. The SMILES string of the molecule is C1=C(c2nc(-c3ccccc3)nc(-c3cccc4oc5c(-c6ccc(-c7ccccc7)cc6)cccc5c34)n2)CCc2oc3ccccc3c21. The summed E-state index contributed by atoms with van der Waals surface area (Å²) in [6, 6.07) is 49.9. The number of fused-ring (bicyclic) bond motifs is 6. The third-order valence-electron chi connectivity index (χ3n) is 9.67.